The predicted molar refractivity (Wildman–Crippen MR) is 138 cm³/mol. The number of hydrogen-bond donors (Lipinski definition) is 0. The van der Waals surface area contributed by atoms with Crippen LogP contribution >= 0.6 is 11.3 Å². The van der Waals surface area contributed by atoms with Crippen molar-refractivity contribution in [1.29, 1.82) is 0 Å². The lowest BCUT2D eigenvalue weighted by Gasteiger charge is -2.19. The highest BCUT2D eigenvalue weighted by Gasteiger charge is 2.29. The maximum absolute atomic E-state index is 13.7. The number of para-hydroxylation sites is 2. The molecule has 0 saturated heterocycles. The largest absolute Gasteiger partial charge is 0.310 e. The van der Waals surface area contributed by atoms with Gasteiger partial charge in [0.2, 0.25) is 0 Å². The zero-order valence-electron chi connectivity index (χ0n) is 18.8. The van der Waals surface area contributed by atoms with Gasteiger partial charge in [-0.2, -0.15) is 24.1 Å². The van der Waals surface area contributed by atoms with Gasteiger partial charge < -0.3 is 4.90 Å². The molecule has 0 saturated carbocycles. The number of carbonyl (C=O) groups is 1. The molecule has 0 aliphatic heterocycles. The van der Waals surface area contributed by atoms with E-state index in [4.69, 9.17) is 0 Å². The molecule has 0 radical (unpaired) electrons. The summed E-state index contributed by atoms with van der Waals surface area (Å²) in [5.74, 6) is -0.276. The summed E-state index contributed by atoms with van der Waals surface area (Å²) in [6, 6.07) is 18.6. The molecular formula is C25H22N4O3S2. The molecule has 172 valence electrons. The summed E-state index contributed by atoms with van der Waals surface area (Å²) in [7, 11) is 0.853. The molecule has 0 spiro atoms. The molecule has 3 heterocycles. The number of thiophene rings is 1. The molecule has 0 bridgehead atoms. The topological polar surface area (TPSA) is 75.5 Å². The molecule has 0 atom stereocenters. The van der Waals surface area contributed by atoms with Crippen molar-refractivity contribution in [3.05, 3.63) is 83.3 Å². The number of aromatic nitrogens is 2. The third-order valence-corrected chi connectivity index (χ3v) is 8.28. The van der Waals surface area contributed by atoms with Gasteiger partial charge >= 0.3 is 10.2 Å². The normalized spacial score (nSPS) is 12.0. The summed E-state index contributed by atoms with van der Waals surface area (Å²) in [6.07, 6.45) is 1.48. The molecule has 34 heavy (non-hydrogen) atoms. The first-order chi connectivity index (χ1) is 16.3. The Morgan fingerprint density at radius 1 is 0.941 bits per heavy atom. The summed E-state index contributed by atoms with van der Waals surface area (Å²) < 4.78 is 29.1. The molecule has 5 aromatic rings. The van der Waals surface area contributed by atoms with Crippen LogP contribution in [0.2, 0.25) is 0 Å². The second kappa shape index (κ2) is 8.35. The van der Waals surface area contributed by atoms with Crippen LogP contribution in [0.4, 0.5) is 5.69 Å². The first-order valence-corrected chi connectivity index (χ1v) is 12.9. The number of fused-ring (bicyclic) bond motifs is 3. The first-order valence-electron chi connectivity index (χ1n) is 10.5. The van der Waals surface area contributed by atoms with Gasteiger partial charge in [-0.15, -0.1) is 0 Å². The van der Waals surface area contributed by atoms with Crippen LogP contribution in [-0.2, 0) is 10.2 Å². The molecule has 0 fully saturated rings. The average Bonchev–Trinajstić information content (AvgIpc) is 3.49. The maximum Gasteiger partial charge on any atom is 0.308 e. The van der Waals surface area contributed by atoms with Gasteiger partial charge in [0, 0.05) is 43.2 Å². The highest BCUT2D eigenvalue weighted by molar-refractivity contribution is 7.87. The minimum atomic E-state index is -3.85. The number of anilines is 1. The van der Waals surface area contributed by atoms with E-state index in [2.05, 4.69) is 4.98 Å². The van der Waals surface area contributed by atoms with Crippen molar-refractivity contribution in [3.8, 4) is 11.1 Å². The first kappa shape index (κ1) is 22.3. The zero-order valence-corrected chi connectivity index (χ0v) is 20.5. The van der Waals surface area contributed by atoms with Crippen LogP contribution in [0.25, 0.3) is 32.9 Å². The second-order valence-electron chi connectivity index (χ2n) is 8.03. The van der Waals surface area contributed by atoms with E-state index >= 15 is 0 Å². The van der Waals surface area contributed by atoms with Crippen molar-refractivity contribution in [2.24, 2.45) is 0 Å². The lowest BCUT2D eigenvalue weighted by molar-refractivity contribution is 0.0989. The fourth-order valence-corrected chi connectivity index (χ4v) is 5.88. The molecule has 3 aromatic heterocycles. The quantitative estimate of drug-likeness (QED) is 0.353. The van der Waals surface area contributed by atoms with Gasteiger partial charge in [-0.1, -0.05) is 36.4 Å². The summed E-state index contributed by atoms with van der Waals surface area (Å²) in [4.78, 5) is 19.8. The average molecular weight is 491 g/mol. The van der Waals surface area contributed by atoms with Gasteiger partial charge in [0.05, 0.1) is 17.2 Å². The molecule has 0 aliphatic carbocycles. The third kappa shape index (κ3) is 3.40. The van der Waals surface area contributed by atoms with Gasteiger partial charge in [-0.25, -0.2) is 8.96 Å². The Morgan fingerprint density at radius 3 is 2.32 bits per heavy atom. The van der Waals surface area contributed by atoms with Crippen LogP contribution in [0.3, 0.4) is 0 Å². The summed E-state index contributed by atoms with van der Waals surface area (Å²) >= 11 is 1.50. The number of amides is 1. The van der Waals surface area contributed by atoms with E-state index in [9.17, 15) is 13.2 Å². The van der Waals surface area contributed by atoms with E-state index in [0.717, 1.165) is 16.6 Å². The number of rotatable bonds is 5. The van der Waals surface area contributed by atoms with Crippen LogP contribution in [0, 0.1) is 0 Å². The van der Waals surface area contributed by atoms with E-state index < -0.39 is 10.2 Å². The van der Waals surface area contributed by atoms with Gasteiger partial charge in [0.1, 0.15) is 5.69 Å². The fraction of sp³-hybridized carbons (Fsp3) is 0.120. The fourth-order valence-electron chi connectivity index (χ4n) is 4.11. The molecule has 9 heteroatoms. The van der Waals surface area contributed by atoms with Gasteiger partial charge in [0.15, 0.2) is 0 Å². The summed E-state index contributed by atoms with van der Waals surface area (Å²) in [5.41, 5.74) is 3.40. The number of carbonyl (C=O) groups excluding carboxylic acids is 1. The highest BCUT2D eigenvalue weighted by atomic mass is 32.2. The molecule has 7 nitrogen and oxygen atoms in total. The number of pyridine rings is 1. The smallest absolute Gasteiger partial charge is 0.308 e. The Labute approximate surface area is 201 Å². The number of nitrogens with zero attached hydrogens (tertiary/aromatic N) is 4. The Kier molecular flexibility index (Phi) is 5.47. The molecule has 1 amide bonds. The van der Waals surface area contributed by atoms with E-state index in [1.165, 1.54) is 39.9 Å². The lowest BCUT2D eigenvalue weighted by Crippen LogP contribution is -2.29. The van der Waals surface area contributed by atoms with Gasteiger partial charge in [-0.05, 0) is 40.6 Å². The van der Waals surface area contributed by atoms with Crippen molar-refractivity contribution in [2.45, 2.75) is 0 Å². The Balaban J connectivity index is 1.88. The SMILES string of the molecule is CN(C(=O)c1ncc2c(c1-c1ccsc1)c1ccccc1n2S(=O)(=O)N(C)C)c1ccccc1. The van der Waals surface area contributed by atoms with E-state index in [-0.39, 0.29) is 11.6 Å². The second-order valence-corrected chi connectivity index (χ2v) is 10.8. The van der Waals surface area contributed by atoms with Crippen LogP contribution in [-0.4, -0.2) is 48.7 Å². The van der Waals surface area contributed by atoms with Crippen LogP contribution in [0.1, 0.15) is 10.5 Å². The molecule has 0 unspecified atom stereocenters. The lowest BCUT2D eigenvalue weighted by atomic mass is 9.99. The van der Waals surface area contributed by atoms with E-state index in [1.807, 2.05) is 59.3 Å². The monoisotopic (exact) mass is 490 g/mol. The Morgan fingerprint density at radius 2 is 1.65 bits per heavy atom. The third-order valence-electron chi connectivity index (χ3n) is 5.82. The molecule has 2 aromatic carbocycles. The van der Waals surface area contributed by atoms with Gasteiger partial charge in [-0.3, -0.25) is 4.79 Å². The van der Waals surface area contributed by atoms with Crippen molar-refractivity contribution in [2.75, 3.05) is 26.0 Å². The molecular weight excluding hydrogens is 468 g/mol. The highest BCUT2D eigenvalue weighted by Crippen LogP contribution is 2.40. The van der Waals surface area contributed by atoms with Gasteiger partial charge in [0.25, 0.3) is 5.91 Å². The van der Waals surface area contributed by atoms with Crippen molar-refractivity contribution >= 4 is 54.9 Å². The Bertz CT molecular complexity index is 1620. The van der Waals surface area contributed by atoms with Crippen molar-refractivity contribution in [3.63, 3.8) is 0 Å². The number of hydrogen-bond acceptors (Lipinski definition) is 5. The number of benzene rings is 2. The summed E-state index contributed by atoms with van der Waals surface area (Å²) in [6.45, 7) is 0. The molecule has 5 rings (SSSR count). The van der Waals surface area contributed by atoms with Crippen molar-refractivity contribution in [1.82, 2.24) is 13.3 Å². The zero-order chi connectivity index (χ0) is 24.0. The van der Waals surface area contributed by atoms with Crippen LogP contribution in [0.5, 0.6) is 0 Å². The summed E-state index contributed by atoms with van der Waals surface area (Å²) in [5, 5.41) is 5.30. The molecule has 0 aliphatic rings. The minimum absolute atomic E-state index is 0.266. The van der Waals surface area contributed by atoms with Crippen molar-refractivity contribution < 1.29 is 13.2 Å². The van der Waals surface area contributed by atoms with Crippen LogP contribution < -0.4 is 4.90 Å². The van der Waals surface area contributed by atoms with Crippen LogP contribution in [0.15, 0.2) is 77.6 Å². The predicted octanol–water partition coefficient (Wildman–Crippen LogP) is 4.85. The van der Waals surface area contributed by atoms with E-state index in [1.54, 1.807) is 24.1 Å². The Hall–Kier alpha value is -3.53. The van der Waals surface area contributed by atoms with E-state index in [0.29, 0.717) is 22.0 Å². The maximum atomic E-state index is 13.7. The standard InChI is InChI=1S/C25H22N4O3S2/c1-27(2)34(31,32)29-20-12-8-7-11-19(20)23-21(29)15-26-24(22(23)17-13-14-33-16-17)25(30)28(3)18-9-5-4-6-10-18/h4-16H,1-3H3. The minimum Gasteiger partial charge on any atom is -0.310 e. The molecule has 0 N–H and O–H groups in total.